The molecule has 1 aromatic heterocycles. The van der Waals surface area contributed by atoms with E-state index in [1.165, 1.54) is 19.3 Å². The Bertz CT molecular complexity index is 1100. The maximum absolute atomic E-state index is 12.6. The number of urea groups is 1. The lowest BCUT2D eigenvalue weighted by atomic mass is 10.1. The maximum Gasteiger partial charge on any atom is 0.323 e. The molecule has 2 aromatic carbocycles. The van der Waals surface area contributed by atoms with E-state index in [9.17, 15) is 4.79 Å². The van der Waals surface area contributed by atoms with E-state index in [0.717, 1.165) is 30.2 Å². The lowest BCUT2D eigenvalue weighted by molar-refractivity contribution is 0.262. The molecular formula is C26H31N5O3. The molecule has 4 rings (SSSR count). The number of piperidine rings is 1. The first-order valence-electron chi connectivity index (χ1n) is 11.8. The van der Waals surface area contributed by atoms with Crippen LogP contribution < -0.4 is 25.0 Å². The second-order valence-corrected chi connectivity index (χ2v) is 8.01. The van der Waals surface area contributed by atoms with Gasteiger partial charge in [-0.15, -0.1) is 10.2 Å². The molecule has 0 radical (unpaired) electrons. The number of anilines is 3. The highest BCUT2D eigenvalue weighted by atomic mass is 16.5. The molecule has 0 aliphatic carbocycles. The van der Waals surface area contributed by atoms with E-state index < -0.39 is 0 Å². The summed E-state index contributed by atoms with van der Waals surface area (Å²) in [5, 5.41) is 14.6. The number of nitrogens with one attached hydrogen (secondary N) is 2. The summed E-state index contributed by atoms with van der Waals surface area (Å²) in [5.74, 6) is 2.16. The Morgan fingerprint density at radius 3 is 2.29 bits per heavy atom. The quantitative estimate of drug-likeness (QED) is 0.456. The van der Waals surface area contributed by atoms with Crippen LogP contribution in [0.3, 0.4) is 0 Å². The molecule has 1 fully saturated rings. The first-order valence-corrected chi connectivity index (χ1v) is 11.8. The molecule has 0 bridgehead atoms. The van der Waals surface area contributed by atoms with Crippen molar-refractivity contribution in [3.8, 4) is 22.8 Å². The van der Waals surface area contributed by atoms with E-state index in [1.807, 2.05) is 50.2 Å². The van der Waals surface area contributed by atoms with Gasteiger partial charge >= 0.3 is 6.03 Å². The average molecular weight is 462 g/mol. The summed E-state index contributed by atoms with van der Waals surface area (Å²) in [4.78, 5) is 14.9. The monoisotopic (exact) mass is 461 g/mol. The van der Waals surface area contributed by atoms with Gasteiger partial charge in [0.05, 0.1) is 18.9 Å². The molecule has 178 valence electrons. The molecule has 3 aromatic rings. The van der Waals surface area contributed by atoms with Gasteiger partial charge in [0.2, 0.25) is 0 Å². The van der Waals surface area contributed by atoms with Gasteiger partial charge in [0.15, 0.2) is 17.3 Å². The van der Waals surface area contributed by atoms with Gasteiger partial charge in [-0.25, -0.2) is 4.79 Å². The van der Waals surface area contributed by atoms with Crippen molar-refractivity contribution >= 4 is 23.2 Å². The summed E-state index contributed by atoms with van der Waals surface area (Å²) in [6, 6.07) is 16.5. The standard InChI is InChI=1S/C26H31N5O3/c1-3-33-23-13-11-21(18-24(23)34-4-2)28-26(32)27-20-10-8-9-19(17-20)22-12-14-25(30-29-22)31-15-6-5-7-16-31/h8-14,17-18H,3-7,15-16H2,1-2H3,(H2,27,28,32). The van der Waals surface area contributed by atoms with E-state index >= 15 is 0 Å². The van der Waals surface area contributed by atoms with Crippen LogP contribution in [0.2, 0.25) is 0 Å². The Kier molecular flexibility index (Phi) is 7.80. The normalized spacial score (nSPS) is 13.3. The van der Waals surface area contributed by atoms with Crippen molar-refractivity contribution in [2.75, 3.05) is 41.8 Å². The van der Waals surface area contributed by atoms with Crippen LogP contribution in [-0.4, -0.2) is 42.5 Å². The van der Waals surface area contributed by atoms with E-state index in [-0.39, 0.29) is 6.03 Å². The van der Waals surface area contributed by atoms with Gasteiger partial charge in [-0.2, -0.15) is 0 Å². The minimum atomic E-state index is -0.352. The van der Waals surface area contributed by atoms with Crippen LogP contribution in [0.15, 0.2) is 54.6 Å². The molecule has 0 spiro atoms. The second-order valence-electron chi connectivity index (χ2n) is 8.01. The number of carbonyl (C=O) groups is 1. The summed E-state index contributed by atoms with van der Waals surface area (Å²) in [6.07, 6.45) is 3.67. The highest BCUT2D eigenvalue weighted by molar-refractivity contribution is 6.00. The molecule has 2 N–H and O–H groups in total. The Morgan fingerprint density at radius 1 is 0.853 bits per heavy atom. The molecule has 1 saturated heterocycles. The summed E-state index contributed by atoms with van der Waals surface area (Å²) >= 11 is 0. The smallest absolute Gasteiger partial charge is 0.323 e. The Labute approximate surface area is 200 Å². The number of hydrogen-bond donors (Lipinski definition) is 2. The molecule has 34 heavy (non-hydrogen) atoms. The Hall–Kier alpha value is -3.81. The minimum absolute atomic E-state index is 0.352. The van der Waals surface area contributed by atoms with E-state index in [2.05, 4.69) is 25.7 Å². The van der Waals surface area contributed by atoms with Gasteiger partial charge in [-0.05, 0) is 69.5 Å². The van der Waals surface area contributed by atoms with Crippen molar-refractivity contribution in [2.45, 2.75) is 33.1 Å². The van der Waals surface area contributed by atoms with Crippen molar-refractivity contribution in [1.82, 2.24) is 10.2 Å². The lowest BCUT2D eigenvalue weighted by Crippen LogP contribution is -2.30. The fourth-order valence-corrected chi connectivity index (χ4v) is 3.95. The molecule has 0 atom stereocenters. The highest BCUT2D eigenvalue weighted by Crippen LogP contribution is 2.31. The topological polar surface area (TPSA) is 88.6 Å². The number of nitrogens with zero attached hydrogens (tertiary/aromatic N) is 3. The number of hydrogen-bond acceptors (Lipinski definition) is 6. The van der Waals surface area contributed by atoms with Crippen LogP contribution in [0.1, 0.15) is 33.1 Å². The molecule has 2 amide bonds. The molecule has 8 nitrogen and oxygen atoms in total. The predicted octanol–water partition coefficient (Wildman–Crippen LogP) is 5.58. The maximum atomic E-state index is 12.6. The first-order chi connectivity index (χ1) is 16.7. The fraction of sp³-hybridized carbons (Fsp3) is 0.346. The fourth-order valence-electron chi connectivity index (χ4n) is 3.95. The summed E-state index contributed by atoms with van der Waals surface area (Å²) < 4.78 is 11.2. The molecule has 1 aliphatic heterocycles. The summed E-state index contributed by atoms with van der Waals surface area (Å²) in [5.41, 5.74) is 2.92. The number of carbonyl (C=O) groups excluding carboxylic acids is 1. The lowest BCUT2D eigenvalue weighted by Gasteiger charge is -2.27. The van der Waals surface area contributed by atoms with Gasteiger partial charge in [-0.3, -0.25) is 0 Å². The van der Waals surface area contributed by atoms with Crippen molar-refractivity contribution in [2.24, 2.45) is 0 Å². The summed E-state index contributed by atoms with van der Waals surface area (Å²) in [6.45, 7) is 6.92. The van der Waals surface area contributed by atoms with Crippen LogP contribution >= 0.6 is 0 Å². The predicted molar refractivity (Wildman–Crippen MR) is 135 cm³/mol. The molecule has 1 aliphatic rings. The zero-order chi connectivity index (χ0) is 23.8. The van der Waals surface area contributed by atoms with Crippen molar-refractivity contribution in [1.29, 1.82) is 0 Å². The van der Waals surface area contributed by atoms with Crippen LogP contribution in [0.4, 0.5) is 22.0 Å². The second kappa shape index (κ2) is 11.4. The molecular weight excluding hydrogens is 430 g/mol. The molecule has 8 heteroatoms. The van der Waals surface area contributed by atoms with Gasteiger partial charge in [0, 0.05) is 36.1 Å². The van der Waals surface area contributed by atoms with Crippen LogP contribution in [0.5, 0.6) is 11.5 Å². The molecule has 2 heterocycles. The third-order valence-electron chi connectivity index (χ3n) is 5.55. The molecule has 0 unspecified atom stereocenters. The van der Waals surface area contributed by atoms with Crippen LogP contribution in [0.25, 0.3) is 11.3 Å². The zero-order valence-corrected chi connectivity index (χ0v) is 19.7. The van der Waals surface area contributed by atoms with Crippen LogP contribution in [-0.2, 0) is 0 Å². The summed E-state index contributed by atoms with van der Waals surface area (Å²) in [7, 11) is 0. The van der Waals surface area contributed by atoms with Crippen molar-refractivity contribution < 1.29 is 14.3 Å². The number of amides is 2. The highest BCUT2D eigenvalue weighted by Gasteiger charge is 2.13. The number of benzene rings is 2. The Balaban J connectivity index is 1.41. The molecule has 0 saturated carbocycles. The average Bonchev–Trinajstić information content (AvgIpc) is 2.87. The zero-order valence-electron chi connectivity index (χ0n) is 19.7. The van der Waals surface area contributed by atoms with Gasteiger partial charge in [-0.1, -0.05) is 12.1 Å². The third-order valence-corrected chi connectivity index (χ3v) is 5.55. The SMILES string of the molecule is CCOc1ccc(NC(=O)Nc2cccc(-c3ccc(N4CCCCC4)nn3)c2)cc1OCC. The minimum Gasteiger partial charge on any atom is -0.490 e. The van der Waals surface area contributed by atoms with Crippen molar-refractivity contribution in [3.63, 3.8) is 0 Å². The third kappa shape index (κ3) is 5.95. The van der Waals surface area contributed by atoms with E-state index in [0.29, 0.717) is 36.1 Å². The van der Waals surface area contributed by atoms with Gasteiger partial charge in [0.25, 0.3) is 0 Å². The Morgan fingerprint density at radius 2 is 1.59 bits per heavy atom. The largest absolute Gasteiger partial charge is 0.490 e. The van der Waals surface area contributed by atoms with E-state index in [1.54, 1.807) is 18.2 Å². The van der Waals surface area contributed by atoms with Crippen molar-refractivity contribution in [3.05, 3.63) is 54.6 Å². The van der Waals surface area contributed by atoms with E-state index in [4.69, 9.17) is 9.47 Å². The van der Waals surface area contributed by atoms with Gasteiger partial charge < -0.3 is 25.0 Å². The number of rotatable bonds is 8. The number of ether oxygens (including phenoxy) is 2. The van der Waals surface area contributed by atoms with Gasteiger partial charge in [0.1, 0.15) is 0 Å². The number of aromatic nitrogens is 2. The first kappa shape index (κ1) is 23.4. The van der Waals surface area contributed by atoms with Crippen LogP contribution in [0, 0.1) is 0 Å².